The smallest absolute Gasteiger partial charge is 0.355 e. The number of aromatic amines is 1. The van der Waals surface area contributed by atoms with Gasteiger partial charge >= 0.3 is 5.97 Å². The Morgan fingerprint density at radius 2 is 1.85 bits per heavy atom. The molecule has 1 aliphatic rings. The Labute approximate surface area is 159 Å². The predicted molar refractivity (Wildman–Crippen MR) is 101 cm³/mol. The molecule has 0 saturated carbocycles. The highest BCUT2D eigenvalue weighted by molar-refractivity contribution is 5.92. The predicted octanol–water partition coefficient (Wildman–Crippen LogP) is 2.82. The van der Waals surface area contributed by atoms with Crippen LogP contribution in [-0.4, -0.2) is 39.5 Å². The molecule has 0 aliphatic carbocycles. The van der Waals surface area contributed by atoms with Crippen molar-refractivity contribution in [3.63, 3.8) is 0 Å². The number of esters is 1. The van der Waals surface area contributed by atoms with Crippen molar-refractivity contribution in [3.8, 4) is 0 Å². The zero-order valence-electron chi connectivity index (χ0n) is 16.2. The fourth-order valence-electron chi connectivity index (χ4n) is 3.81. The Kier molecular flexibility index (Phi) is 5.37. The van der Waals surface area contributed by atoms with E-state index in [-0.39, 0.29) is 11.6 Å². The molecule has 144 valence electrons. The lowest BCUT2D eigenvalue weighted by Gasteiger charge is -2.30. The van der Waals surface area contributed by atoms with Gasteiger partial charge in [-0.15, -0.1) is 0 Å². The number of hydrogen-bond donors (Lipinski definition) is 2. The molecule has 1 aromatic heterocycles. The second-order valence-corrected chi connectivity index (χ2v) is 7.17. The summed E-state index contributed by atoms with van der Waals surface area (Å²) in [6, 6.07) is 8.07. The van der Waals surface area contributed by atoms with E-state index < -0.39 is 18.2 Å². The number of nitrogens with zero attached hydrogens (tertiary/aromatic N) is 1. The van der Waals surface area contributed by atoms with Gasteiger partial charge in [0.25, 0.3) is 5.91 Å². The van der Waals surface area contributed by atoms with Crippen LogP contribution < -0.4 is 0 Å². The quantitative estimate of drug-likeness (QED) is 0.811. The summed E-state index contributed by atoms with van der Waals surface area (Å²) in [7, 11) is 0. The number of ether oxygens (including phenoxy) is 1. The first-order chi connectivity index (χ1) is 12.8. The van der Waals surface area contributed by atoms with Gasteiger partial charge in [0.2, 0.25) is 0 Å². The lowest BCUT2D eigenvalue weighted by molar-refractivity contribution is -0.140. The van der Waals surface area contributed by atoms with Crippen molar-refractivity contribution in [2.24, 2.45) is 0 Å². The minimum absolute atomic E-state index is 0.200. The molecule has 0 fully saturated rings. The van der Waals surface area contributed by atoms with Crippen LogP contribution in [0.15, 0.2) is 24.3 Å². The second-order valence-electron chi connectivity index (χ2n) is 7.17. The molecule has 3 rings (SSSR count). The number of amides is 1. The van der Waals surface area contributed by atoms with Gasteiger partial charge in [0, 0.05) is 24.3 Å². The summed E-state index contributed by atoms with van der Waals surface area (Å²) in [5, 5.41) is 9.87. The first-order valence-electron chi connectivity index (χ1n) is 9.23. The molecular weight excluding hydrogens is 344 g/mol. The number of aryl methyl sites for hydroxylation is 1. The molecule has 1 amide bonds. The summed E-state index contributed by atoms with van der Waals surface area (Å²) in [4.78, 5) is 30.0. The standard InChI is InChI=1S/C21H26N2O4/c1-12-18(14(3)24)13(2)22-19(12)21(26)27-15(4)20(25)23-10-9-16-7-5-6-8-17(16)11-23/h5-8,14-15,22,24H,9-11H2,1-4H3/t14-,15+/m0/s1. The van der Waals surface area contributed by atoms with Crippen molar-refractivity contribution in [3.05, 3.63) is 57.9 Å². The van der Waals surface area contributed by atoms with E-state index in [9.17, 15) is 14.7 Å². The van der Waals surface area contributed by atoms with Crippen molar-refractivity contribution in [2.75, 3.05) is 6.54 Å². The van der Waals surface area contributed by atoms with Crippen molar-refractivity contribution in [1.29, 1.82) is 0 Å². The average Bonchev–Trinajstić information content (AvgIpc) is 2.95. The maximum Gasteiger partial charge on any atom is 0.355 e. The number of H-pyrrole nitrogens is 1. The van der Waals surface area contributed by atoms with E-state index in [4.69, 9.17) is 4.74 Å². The molecule has 0 bridgehead atoms. The Morgan fingerprint density at radius 1 is 1.19 bits per heavy atom. The van der Waals surface area contributed by atoms with Gasteiger partial charge in [0.1, 0.15) is 5.69 Å². The molecule has 0 spiro atoms. The third kappa shape index (κ3) is 3.76. The summed E-state index contributed by atoms with van der Waals surface area (Å²) >= 11 is 0. The number of rotatable bonds is 4. The maximum absolute atomic E-state index is 12.7. The third-order valence-corrected chi connectivity index (χ3v) is 5.19. The molecule has 6 heteroatoms. The van der Waals surface area contributed by atoms with Crippen LogP contribution in [0.4, 0.5) is 0 Å². The molecule has 0 radical (unpaired) electrons. The lowest BCUT2D eigenvalue weighted by atomic mass is 9.99. The Balaban J connectivity index is 1.69. The molecular formula is C21H26N2O4. The van der Waals surface area contributed by atoms with Crippen molar-refractivity contribution < 1.29 is 19.4 Å². The summed E-state index contributed by atoms with van der Waals surface area (Å²) in [6.07, 6.45) is -0.758. The SMILES string of the molecule is Cc1[nH]c(C(=O)O[C@H](C)C(=O)N2CCc3ccccc3C2)c(C)c1[C@H](C)O. The Bertz CT molecular complexity index is 869. The molecule has 27 heavy (non-hydrogen) atoms. The van der Waals surface area contributed by atoms with Gasteiger partial charge in [-0.2, -0.15) is 0 Å². The Hall–Kier alpha value is -2.60. The van der Waals surface area contributed by atoms with E-state index in [1.165, 1.54) is 5.56 Å². The maximum atomic E-state index is 12.7. The van der Waals surface area contributed by atoms with Crippen LogP contribution in [0.25, 0.3) is 0 Å². The second kappa shape index (κ2) is 7.56. The highest BCUT2D eigenvalue weighted by atomic mass is 16.5. The van der Waals surface area contributed by atoms with E-state index >= 15 is 0 Å². The van der Waals surface area contributed by atoms with E-state index in [2.05, 4.69) is 11.1 Å². The molecule has 0 saturated heterocycles. The number of nitrogens with one attached hydrogen (secondary N) is 1. The zero-order valence-corrected chi connectivity index (χ0v) is 16.2. The van der Waals surface area contributed by atoms with Gasteiger partial charge in [-0.3, -0.25) is 4.79 Å². The summed E-state index contributed by atoms with van der Waals surface area (Å²) < 4.78 is 5.43. The molecule has 2 heterocycles. The minimum Gasteiger partial charge on any atom is -0.448 e. The lowest BCUT2D eigenvalue weighted by Crippen LogP contribution is -2.42. The molecule has 2 N–H and O–H groups in total. The number of hydrogen-bond acceptors (Lipinski definition) is 4. The van der Waals surface area contributed by atoms with Crippen molar-refractivity contribution in [2.45, 2.75) is 52.9 Å². The number of aromatic nitrogens is 1. The highest BCUT2D eigenvalue weighted by Gasteiger charge is 2.29. The van der Waals surface area contributed by atoms with Crippen LogP contribution in [0.5, 0.6) is 0 Å². The van der Waals surface area contributed by atoms with Gasteiger partial charge in [-0.1, -0.05) is 24.3 Å². The first-order valence-corrected chi connectivity index (χ1v) is 9.23. The van der Waals surface area contributed by atoms with Crippen LogP contribution in [-0.2, 0) is 22.5 Å². The third-order valence-electron chi connectivity index (χ3n) is 5.19. The number of fused-ring (bicyclic) bond motifs is 1. The topological polar surface area (TPSA) is 82.6 Å². The molecule has 0 unspecified atom stereocenters. The monoisotopic (exact) mass is 370 g/mol. The van der Waals surface area contributed by atoms with Crippen molar-refractivity contribution in [1.82, 2.24) is 9.88 Å². The van der Waals surface area contributed by atoms with Crippen LogP contribution in [0.2, 0.25) is 0 Å². The van der Waals surface area contributed by atoms with E-state index in [0.29, 0.717) is 24.2 Å². The van der Waals surface area contributed by atoms with Crippen LogP contribution in [0.1, 0.15) is 58.4 Å². The Morgan fingerprint density at radius 3 is 2.48 bits per heavy atom. The van der Waals surface area contributed by atoms with Gasteiger partial charge in [0.15, 0.2) is 6.10 Å². The average molecular weight is 370 g/mol. The number of carbonyl (C=O) groups is 2. The molecule has 2 atom stereocenters. The van der Waals surface area contributed by atoms with E-state index in [0.717, 1.165) is 17.7 Å². The summed E-state index contributed by atoms with van der Waals surface area (Å²) in [6.45, 7) is 7.95. The summed E-state index contributed by atoms with van der Waals surface area (Å²) in [5.74, 6) is -0.782. The van der Waals surface area contributed by atoms with Crippen LogP contribution in [0.3, 0.4) is 0 Å². The number of carbonyl (C=O) groups excluding carboxylic acids is 2. The molecule has 1 aromatic carbocycles. The molecule has 6 nitrogen and oxygen atoms in total. The number of benzene rings is 1. The minimum atomic E-state index is -0.874. The fourth-order valence-corrected chi connectivity index (χ4v) is 3.81. The van der Waals surface area contributed by atoms with E-state index in [1.54, 1.807) is 32.6 Å². The highest BCUT2D eigenvalue weighted by Crippen LogP contribution is 2.25. The van der Waals surface area contributed by atoms with Gasteiger partial charge in [-0.25, -0.2) is 4.79 Å². The van der Waals surface area contributed by atoms with E-state index in [1.807, 2.05) is 18.2 Å². The first kappa shape index (κ1) is 19.2. The van der Waals surface area contributed by atoms with Gasteiger partial charge in [-0.05, 0) is 50.8 Å². The van der Waals surface area contributed by atoms with Gasteiger partial charge < -0.3 is 19.7 Å². The largest absolute Gasteiger partial charge is 0.448 e. The fraction of sp³-hybridized carbons (Fsp3) is 0.429. The van der Waals surface area contributed by atoms with Crippen LogP contribution in [0, 0.1) is 13.8 Å². The number of aliphatic hydroxyl groups excluding tert-OH is 1. The van der Waals surface area contributed by atoms with Crippen LogP contribution >= 0.6 is 0 Å². The van der Waals surface area contributed by atoms with Gasteiger partial charge in [0.05, 0.1) is 6.10 Å². The number of aliphatic hydroxyl groups is 1. The normalized spacial score (nSPS) is 15.8. The zero-order chi connectivity index (χ0) is 19.7. The molecule has 1 aliphatic heterocycles. The molecule has 2 aromatic rings. The summed E-state index contributed by atoms with van der Waals surface area (Å²) in [5.41, 5.74) is 4.74. The van der Waals surface area contributed by atoms with Crippen molar-refractivity contribution >= 4 is 11.9 Å².